The Bertz CT molecular complexity index is 820. The maximum Gasteiger partial charge on any atom is 0.222 e. The Balaban J connectivity index is 1.54. The van der Waals surface area contributed by atoms with Crippen molar-refractivity contribution < 1.29 is 4.79 Å². The van der Waals surface area contributed by atoms with Crippen molar-refractivity contribution in [2.45, 2.75) is 39.4 Å². The number of nitrogens with one attached hydrogen (secondary N) is 2. The Kier molecular flexibility index (Phi) is 7.31. The molecule has 2 aromatic rings. The van der Waals surface area contributed by atoms with E-state index >= 15 is 0 Å². The average molecular weight is 399 g/mol. The molecule has 1 amide bonds. The van der Waals surface area contributed by atoms with Crippen LogP contribution in [0, 0.1) is 0 Å². The molecule has 1 heterocycles. The van der Waals surface area contributed by atoms with Gasteiger partial charge in [0.05, 0.1) is 6.54 Å². The number of carbonyl (C=O) groups excluding carboxylic acids is 1. The number of hydrogen-bond acceptors (Lipinski definition) is 2. The third-order valence-electron chi connectivity index (χ3n) is 4.68. The van der Waals surface area contributed by atoms with E-state index in [0.717, 1.165) is 36.1 Å². The molecule has 1 aliphatic heterocycles. The maximum absolute atomic E-state index is 11.8. The zero-order valence-corrected chi connectivity index (χ0v) is 17.0. The Morgan fingerprint density at radius 2 is 1.89 bits per heavy atom. The van der Waals surface area contributed by atoms with Crippen LogP contribution in [0.25, 0.3) is 0 Å². The molecule has 0 saturated carbocycles. The number of guanidine groups is 1. The summed E-state index contributed by atoms with van der Waals surface area (Å²) in [6.45, 7) is 5.67. The van der Waals surface area contributed by atoms with Gasteiger partial charge in [-0.25, -0.2) is 4.99 Å². The second kappa shape index (κ2) is 10.1. The highest BCUT2D eigenvalue weighted by Gasteiger charge is 2.19. The first-order chi connectivity index (χ1) is 13.6. The molecule has 2 N–H and O–H groups in total. The van der Waals surface area contributed by atoms with E-state index in [1.807, 2.05) is 36.1 Å². The number of amides is 1. The molecular weight excluding hydrogens is 372 g/mol. The van der Waals surface area contributed by atoms with Crippen LogP contribution < -0.4 is 10.6 Å². The highest BCUT2D eigenvalue weighted by atomic mass is 35.5. The summed E-state index contributed by atoms with van der Waals surface area (Å²) in [7, 11) is 0. The minimum atomic E-state index is 0.261. The minimum absolute atomic E-state index is 0.261. The van der Waals surface area contributed by atoms with Crippen molar-refractivity contribution in [1.29, 1.82) is 0 Å². The number of hydrogen-bond donors (Lipinski definition) is 2. The van der Waals surface area contributed by atoms with Gasteiger partial charge in [0.25, 0.3) is 0 Å². The van der Waals surface area contributed by atoms with E-state index in [2.05, 4.69) is 39.9 Å². The first-order valence-electron chi connectivity index (χ1n) is 9.76. The molecular formula is C22H27ClN4O. The summed E-state index contributed by atoms with van der Waals surface area (Å²) in [6.07, 6.45) is 1.66. The maximum atomic E-state index is 11.8. The van der Waals surface area contributed by atoms with Crippen LogP contribution in [-0.2, 0) is 24.4 Å². The fourth-order valence-corrected chi connectivity index (χ4v) is 3.40. The predicted molar refractivity (Wildman–Crippen MR) is 114 cm³/mol. The first-order valence-corrected chi connectivity index (χ1v) is 10.1. The third kappa shape index (κ3) is 5.99. The topological polar surface area (TPSA) is 56.7 Å². The molecule has 5 nitrogen and oxygen atoms in total. The Labute approximate surface area is 171 Å². The van der Waals surface area contributed by atoms with Gasteiger partial charge in [-0.05, 0) is 42.2 Å². The molecule has 0 aromatic heterocycles. The molecule has 1 fully saturated rings. The van der Waals surface area contributed by atoms with Gasteiger partial charge < -0.3 is 15.5 Å². The van der Waals surface area contributed by atoms with E-state index in [-0.39, 0.29) is 5.91 Å². The van der Waals surface area contributed by atoms with E-state index in [0.29, 0.717) is 26.1 Å². The SMILES string of the molecule is CCNC(=NCc1cccc(Cl)c1)NCc1ccc(CN2CCCC2=O)cc1. The number of nitrogens with zero attached hydrogens (tertiary/aromatic N) is 2. The number of rotatable bonds is 7. The molecule has 0 unspecified atom stereocenters. The van der Waals surface area contributed by atoms with Gasteiger partial charge in [0.1, 0.15) is 0 Å². The van der Waals surface area contributed by atoms with Crippen molar-refractivity contribution in [2.75, 3.05) is 13.1 Å². The van der Waals surface area contributed by atoms with E-state index in [4.69, 9.17) is 11.6 Å². The molecule has 148 valence electrons. The van der Waals surface area contributed by atoms with Crippen molar-refractivity contribution in [2.24, 2.45) is 4.99 Å². The number of carbonyl (C=O) groups is 1. The lowest BCUT2D eigenvalue weighted by Crippen LogP contribution is -2.36. The second-order valence-electron chi connectivity index (χ2n) is 6.91. The van der Waals surface area contributed by atoms with E-state index in [1.54, 1.807) is 0 Å². The average Bonchev–Trinajstić information content (AvgIpc) is 3.10. The summed E-state index contributed by atoms with van der Waals surface area (Å²) >= 11 is 6.04. The van der Waals surface area contributed by atoms with Crippen molar-refractivity contribution in [3.8, 4) is 0 Å². The lowest BCUT2D eigenvalue weighted by atomic mass is 10.1. The standard InChI is InChI=1S/C22H27ClN4O/c1-2-24-22(26-15-19-5-3-6-20(23)13-19)25-14-17-8-10-18(11-9-17)16-27-12-4-7-21(27)28/h3,5-6,8-11,13H,2,4,7,12,14-16H2,1H3,(H2,24,25,26). The molecule has 28 heavy (non-hydrogen) atoms. The van der Waals surface area contributed by atoms with Crippen LogP contribution in [0.15, 0.2) is 53.5 Å². The van der Waals surface area contributed by atoms with E-state index in [1.165, 1.54) is 11.1 Å². The number of benzene rings is 2. The van der Waals surface area contributed by atoms with Gasteiger partial charge >= 0.3 is 0 Å². The molecule has 0 spiro atoms. The number of likely N-dealkylation sites (tertiary alicyclic amines) is 1. The summed E-state index contributed by atoms with van der Waals surface area (Å²) in [5.41, 5.74) is 3.41. The largest absolute Gasteiger partial charge is 0.357 e. The van der Waals surface area contributed by atoms with Gasteiger partial charge in [-0.3, -0.25) is 4.79 Å². The fraction of sp³-hybridized carbons (Fsp3) is 0.364. The number of aliphatic imine (C=N–C) groups is 1. The van der Waals surface area contributed by atoms with Crippen molar-refractivity contribution in [3.63, 3.8) is 0 Å². The fourth-order valence-electron chi connectivity index (χ4n) is 3.19. The highest BCUT2D eigenvalue weighted by molar-refractivity contribution is 6.30. The molecule has 1 aliphatic rings. The smallest absolute Gasteiger partial charge is 0.222 e. The number of halogens is 1. The van der Waals surface area contributed by atoms with Gasteiger partial charge in [-0.15, -0.1) is 0 Å². The van der Waals surface area contributed by atoms with Gasteiger partial charge in [0.2, 0.25) is 5.91 Å². The van der Waals surface area contributed by atoms with Crippen LogP contribution in [0.3, 0.4) is 0 Å². The third-order valence-corrected chi connectivity index (χ3v) is 4.92. The lowest BCUT2D eigenvalue weighted by molar-refractivity contribution is -0.128. The second-order valence-corrected chi connectivity index (χ2v) is 7.35. The lowest BCUT2D eigenvalue weighted by Gasteiger charge is -2.16. The Morgan fingerprint density at radius 3 is 2.57 bits per heavy atom. The summed E-state index contributed by atoms with van der Waals surface area (Å²) < 4.78 is 0. The van der Waals surface area contributed by atoms with Gasteiger partial charge in [-0.2, -0.15) is 0 Å². The molecule has 6 heteroatoms. The van der Waals surface area contributed by atoms with Crippen LogP contribution in [-0.4, -0.2) is 29.9 Å². The molecule has 0 aliphatic carbocycles. The van der Waals surface area contributed by atoms with Crippen molar-refractivity contribution >= 4 is 23.5 Å². The minimum Gasteiger partial charge on any atom is -0.357 e. The summed E-state index contributed by atoms with van der Waals surface area (Å²) in [5.74, 6) is 1.03. The highest BCUT2D eigenvalue weighted by Crippen LogP contribution is 2.15. The molecule has 3 rings (SSSR count). The van der Waals surface area contributed by atoms with Crippen molar-refractivity contribution in [3.05, 3.63) is 70.2 Å². The monoisotopic (exact) mass is 398 g/mol. The van der Waals surface area contributed by atoms with Crippen molar-refractivity contribution in [1.82, 2.24) is 15.5 Å². The van der Waals surface area contributed by atoms with E-state index < -0.39 is 0 Å². The molecule has 2 aromatic carbocycles. The summed E-state index contributed by atoms with van der Waals surface area (Å²) in [5, 5.41) is 7.35. The Morgan fingerprint density at radius 1 is 1.11 bits per heavy atom. The molecule has 0 atom stereocenters. The summed E-state index contributed by atoms with van der Waals surface area (Å²) in [6, 6.07) is 16.1. The molecule has 0 bridgehead atoms. The Hall–Kier alpha value is -2.53. The zero-order chi connectivity index (χ0) is 19.8. The summed E-state index contributed by atoms with van der Waals surface area (Å²) in [4.78, 5) is 18.3. The van der Waals surface area contributed by atoms with Gasteiger partial charge in [0, 0.05) is 37.6 Å². The van der Waals surface area contributed by atoms with Gasteiger partial charge in [-0.1, -0.05) is 48.0 Å². The van der Waals surface area contributed by atoms with Crippen LogP contribution in [0.4, 0.5) is 0 Å². The predicted octanol–water partition coefficient (Wildman–Crippen LogP) is 3.72. The quantitative estimate of drug-likeness (QED) is 0.552. The van der Waals surface area contributed by atoms with Gasteiger partial charge in [0.15, 0.2) is 5.96 Å². The van der Waals surface area contributed by atoms with Crippen LogP contribution in [0.1, 0.15) is 36.5 Å². The molecule has 1 saturated heterocycles. The zero-order valence-electron chi connectivity index (χ0n) is 16.2. The molecule has 0 radical (unpaired) electrons. The first kappa shape index (κ1) is 20.2. The van der Waals surface area contributed by atoms with E-state index in [9.17, 15) is 4.79 Å². The van der Waals surface area contributed by atoms with Crippen LogP contribution in [0.2, 0.25) is 5.02 Å². The normalized spacial score (nSPS) is 14.4. The van der Waals surface area contributed by atoms with Crippen LogP contribution >= 0.6 is 11.6 Å². The van der Waals surface area contributed by atoms with Crippen LogP contribution in [0.5, 0.6) is 0 Å².